The van der Waals surface area contributed by atoms with Gasteiger partial charge >= 0.3 is 0 Å². The molecule has 0 radical (unpaired) electrons. The van der Waals surface area contributed by atoms with Crippen molar-refractivity contribution in [3.05, 3.63) is 35.2 Å². The van der Waals surface area contributed by atoms with Gasteiger partial charge in [0.1, 0.15) is 17.3 Å². The molecule has 0 aliphatic rings. The molecule has 2 rings (SSSR count). The number of hydrogen-bond donors (Lipinski definition) is 2. The zero-order chi connectivity index (χ0) is 14.8. The molecule has 0 saturated carbocycles. The quantitative estimate of drug-likeness (QED) is 0.800. The van der Waals surface area contributed by atoms with Crippen molar-refractivity contribution < 1.29 is 17.9 Å². The van der Waals surface area contributed by atoms with Crippen molar-refractivity contribution in [3.8, 4) is 0 Å². The van der Waals surface area contributed by atoms with Gasteiger partial charge in [0.05, 0.1) is 6.33 Å². The summed E-state index contributed by atoms with van der Waals surface area (Å²) < 4.78 is 33.9. The summed E-state index contributed by atoms with van der Waals surface area (Å²) in [5, 5.41) is 8.95. The van der Waals surface area contributed by atoms with Gasteiger partial charge < -0.3 is 14.1 Å². The lowest BCUT2D eigenvalue weighted by atomic mass is 10.4. The smallest absolute Gasteiger partial charge is 0.245 e. The average molecular weight is 364 g/mol. The number of furan rings is 1. The maximum atomic E-state index is 12.2. The predicted molar refractivity (Wildman–Crippen MR) is 74.3 cm³/mol. The number of hydrogen-bond acceptors (Lipinski definition) is 5. The molecule has 0 aliphatic heterocycles. The van der Waals surface area contributed by atoms with E-state index in [-0.39, 0.29) is 28.0 Å². The summed E-state index contributed by atoms with van der Waals surface area (Å²) in [4.78, 5) is 3.87. The minimum absolute atomic E-state index is 0.0287. The van der Waals surface area contributed by atoms with E-state index < -0.39 is 10.0 Å². The largest absolute Gasteiger partial charge is 0.450 e. The van der Waals surface area contributed by atoms with Gasteiger partial charge in [-0.15, -0.1) is 0 Å². The van der Waals surface area contributed by atoms with Crippen LogP contribution in [0.15, 0.2) is 38.8 Å². The monoisotopic (exact) mass is 363 g/mol. The number of aromatic nitrogens is 2. The molecule has 0 aromatic carbocycles. The molecule has 2 N–H and O–H groups in total. The number of aliphatic hydroxyl groups is 1. The summed E-state index contributed by atoms with van der Waals surface area (Å²) in [6, 6.07) is 0.963. The van der Waals surface area contributed by atoms with Crippen LogP contribution in [-0.4, -0.2) is 29.1 Å². The Balaban J connectivity index is 2.12. The number of sulfonamides is 1. The zero-order valence-electron chi connectivity index (χ0n) is 10.7. The molecule has 0 aliphatic carbocycles. The van der Waals surface area contributed by atoms with E-state index in [0.717, 1.165) is 0 Å². The first-order chi connectivity index (χ1) is 9.42. The first kappa shape index (κ1) is 15.2. The average Bonchev–Trinajstić information content (AvgIpc) is 2.97. The summed E-state index contributed by atoms with van der Waals surface area (Å²) in [5.74, 6) is 0.180. The highest BCUT2D eigenvalue weighted by Gasteiger charge is 2.24. The van der Waals surface area contributed by atoms with Crippen molar-refractivity contribution in [3.63, 3.8) is 0 Å². The molecule has 0 bridgehead atoms. The Morgan fingerprint density at radius 3 is 2.90 bits per heavy atom. The summed E-state index contributed by atoms with van der Waals surface area (Å²) >= 11 is 3.03. The fourth-order valence-electron chi connectivity index (χ4n) is 1.74. The molecule has 2 heterocycles. The van der Waals surface area contributed by atoms with E-state index in [2.05, 4.69) is 25.6 Å². The van der Waals surface area contributed by atoms with E-state index in [4.69, 9.17) is 9.52 Å². The third-order valence-corrected chi connectivity index (χ3v) is 5.00. The van der Waals surface area contributed by atoms with Crippen LogP contribution >= 0.6 is 15.9 Å². The Morgan fingerprint density at radius 2 is 2.35 bits per heavy atom. The van der Waals surface area contributed by atoms with E-state index in [9.17, 15) is 8.42 Å². The fourth-order valence-corrected chi connectivity index (χ4v) is 3.97. The van der Waals surface area contributed by atoms with Crippen molar-refractivity contribution in [2.24, 2.45) is 0 Å². The Kier molecular flexibility index (Phi) is 4.63. The normalized spacial score (nSPS) is 13.6. The molecular formula is C11H14BrN3O4S. The zero-order valence-corrected chi connectivity index (χ0v) is 13.1. The van der Waals surface area contributed by atoms with E-state index in [0.29, 0.717) is 6.54 Å². The molecule has 7 nitrogen and oxygen atoms in total. The van der Waals surface area contributed by atoms with Crippen LogP contribution in [0.1, 0.15) is 12.7 Å². The van der Waals surface area contributed by atoms with Crippen LogP contribution in [-0.2, 0) is 23.2 Å². The van der Waals surface area contributed by atoms with Crippen molar-refractivity contribution in [2.75, 3.05) is 0 Å². The van der Waals surface area contributed by atoms with Crippen LogP contribution in [0.4, 0.5) is 0 Å². The summed E-state index contributed by atoms with van der Waals surface area (Å²) in [7, 11) is -3.72. The number of nitrogens with one attached hydrogen (secondary N) is 1. The highest BCUT2D eigenvalue weighted by Crippen LogP contribution is 2.26. The summed E-state index contributed by atoms with van der Waals surface area (Å²) in [5.41, 5.74) is 0. The van der Waals surface area contributed by atoms with Gasteiger partial charge in [-0.3, -0.25) is 0 Å². The first-order valence-corrected chi connectivity index (χ1v) is 8.07. The van der Waals surface area contributed by atoms with Crippen LogP contribution in [0.25, 0.3) is 0 Å². The third-order valence-electron chi connectivity index (χ3n) is 2.55. The molecule has 1 unspecified atom stereocenters. The van der Waals surface area contributed by atoms with Gasteiger partial charge in [0.2, 0.25) is 10.0 Å². The van der Waals surface area contributed by atoms with Crippen LogP contribution in [0, 0.1) is 0 Å². The van der Waals surface area contributed by atoms with Crippen LogP contribution in [0.5, 0.6) is 0 Å². The van der Waals surface area contributed by atoms with Crippen molar-refractivity contribution in [2.45, 2.75) is 31.0 Å². The minimum Gasteiger partial charge on any atom is -0.450 e. The van der Waals surface area contributed by atoms with Gasteiger partial charge in [-0.1, -0.05) is 0 Å². The van der Waals surface area contributed by atoms with E-state index in [1.807, 2.05) is 0 Å². The van der Waals surface area contributed by atoms with Crippen LogP contribution < -0.4 is 4.72 Å². The van der Waals surface area contributed by atoms with Crippen LogP contribution in [0.3, 0.4) is 0 Å². The maximum absolute atomic E-state index is 12.2. The minimum atomic E-state index is -3.72. The topological polar surface area (TPSA) is 97.4 Å². The standard InChI is InChI=1S/C11H14BrN3O4S/c1-8(5-15-3-2-13-7-15)14-20(17,18)10-4-9(6-16)19-11(10)12/h2-4,7-8,14,16H,5-6H2,1H3. The second-order valence-electron chi connectivity index (χ2n) is 4.29. The molecule has 0 amide bonds. The fraction of sp³-hybridized carbons (Fsp3) is 0.364. The first-order valence-electron chi connectivity index (χ1n) is 5.79. The molecule has 20 heavy (non-hydrogen) atoms. The second kappa shape index (κ2) is 6.08. The Hall–Kier alpha value is -1.16. The van der Waals surface area contributed by atoms with Gasteiger partial charge in [0.15, 0.2) is 4.67 Å². The second-order valence-corrected chi connectivity index (χ2v) is 6.69. The number of aliphatic hydroxyl groups excluding tert-OH is 1. The summed E-state index contributed by atoms with van der Waals surface area (Å²) in [6.45, 7) is 1.85. The maximum Gasteiger partial charge on any atom is 0.245 e. The van der Waals surface area contributed by atoms with Gasteiger partial charge in [-0.25, -0.2) is 18.1 Å². The number of halogens is 1. The summed E-state index contributed by atoms with van der Waals surface area (Å²) in [6.07, 6.45) is 4.99. The lowest BCUT2D eigenvalue weighted by Gasteiger charge is -2.13. The Bertz CT molecular complexity index is 666. The highest BCUT2D eigenvalue weighted by atomic mass is 79.9. The van der Waals surface area contributed by atoms with E-state index >= 15 is 0 Å². The molecule has 9 heteroatoms. The molecule has 1 atom stereocenters. The molecule has 110 valence electrons. The van der Waals surface area contributed by atoms with E-state index in [1.54, 1.807) is 30.2 Å². The Morgan fingerprint density at radius 1 is 1.60 bits per heavy atom. The van der Waals surface area contributed by atoms with Gasteiger partial charge in [-0.05, 0) is 22.9 Å². The SMILES string of the molecule is CC(Cn1ccnc1)NS(=O)(=O)c1cc(CO)oc1Br. The molecular weight excluding hydrogens is 350 g/mol. The van der Waals surface area contributed by atoms with Gasteiger partial charge in [-0.2, -0.15) is 0 Å². The lowest BCUT2D eigenvalue weighted by Crippen LogP contribution is -2.35. The molecule has 2 aromatic heterocycles. The van der Waals surface area contributed by atoms with E-state index in [1.165, 1.54) is 6.07 Å². The number of imidazole rings is 1. The number of nitrogens with zero attached hydrogens (tertiary/aromatic N) is 2. The van der Waals surface area contributed by atoms with Crippen molar-refractivity contribution in [1.29, 1.82) is 0 Å². The van der Waals surface area contributed by atoms with Crippen molar-refractivity contribution >= 4 is 26.0 Å². The van der Waals surface area contributed by atoms with Gasteiger partial charge in [0, 0.05) is 31.0 Å². The number of rotatable bonds is 6. The highest BCUT2D eigenvalue weighted by molar-refractivity contribution is 9.10. The molecule has 0 saturated heterocycles. The molecule has 2 aromatic rings. The predicted octanol–water partition coefficient (Wildman–Crippen LogP) is 1.10. The third kappa shape index (κ3) is 3.48. The molecule has 0 fully saturated rings. The Labute approximate surface area is 124 Å². The lowest BCUT2D eigenvalue weighted by molar-refractivity contribution is 0.245. The van der Waals surface area contributed by atoms with Crippen molar-refractivity contribution in [1.82, 2.24) is 14.3 Å². The molecule has 0 spiro atoms. The van der Waals surface area contributed by atoms with Gasteiger partial charge in [0.25, 0.3) is 0 Å². The van der Waals surface area contributed by atoms with Crippen LogP contribution in [0.2, 0.25) is 0 Å².